The summed E-state index contributed by atoms with van der Waals surface area (Å²) in [5.74, 6) is -3.62. The molecule has 0 bridgehead atoms. The zero-order valence-electron chi connectivity index (χ0n) is 17.3. The van der Waals surface area contributed by atoms with Crippen LogP contribution in [0.1, 0.15) is 29.8 Å². The lowest BCUT2D eigenvalue weighted by atomic mass is 9.92. The lowest BCUT2D eigenvalue weighted by Crippen LogP contribution is -2.67. The van der Waals surface area contributed by atoms with E-state index < -0.39 is 34.6 Å². The highest BCUT2D eigenvalue weighted by molar-refractivity contribution is 6.01. The summed E-state index contributed by atoms with van der Waals surface area (Å²) in [7, 11) is 0. The first-order chi connectivity index (χ1) is 14.2. The van der Waals surface area contributed by atoms with Crippen LogP contribution in [0.2, 0.25) is 0 Å². The molecule has 1 amide bonds. The zero-order chi connectivity index (χ0) is 22.1. The van der Waals surface area contributed by atoms with Gasteiger partial charge in [-0.05, 0) is 49.8 Å². The number of aliphatic hydroxyl groups is 1. The second-order valence-electron chi connectivity index (χ2n) is 7.74. The van der Waals surface area contributed by atoms with Gasteiger partial charge in [-0.2, -0.15) is 0 Å². The third-order valence-electron chi connectivity index (χ3n) is 5.38. The Bertz CT molecular complexity index is 941. The summed E-state index contributed by atoms with van der Waals surface area (Å²) >= 11 is 0. The van der Waals surface area contributed by atoms with Crippen LogP contribution in [-0.2, 0) is 0 Å². The molecule has 0 aliphatic carbocycles. The Morgan fingerprint density at radius 2 is 1.80 bits per heavy atom. The number of carbonyl (C=O) groups excluding carboxylic acids is 1. The molecule has 8 heteroatoms. The Morgan fingerprint density at radius 1 is 1.13 bits per heavy atom. The second-order valence-corrected chi connectivity index (χ2v) is 7.74. The number of nitrogens with one attached hydrogen (secondary N) is 1. The van der Waals surface area contributed by atoms with Crippen LogP contribution in [0.25, 0.3) is 0 Å². The second kappa shape index (κ2) is 8.65. The number of nitrogens with zero attached hydrogens (tertiary/aromatic N) is 2. The van der Waals surface area contributed by atoms with Gasteiger partial charge in [-0.1, -0.05) is 19.9 Å². The molecule has 5 nitrogen and oxygen atoms in total. The molecule has 162 valence electrons. The molecular formula is C22H26F3N3O2. The first kappa shape index (κ1) is 22.1. The summed E-state index contributed by atoms with van der Waals surface area (Å²) < 4.78 is 42.6. The molecule has 2 aromatic carbocycles. The van der Waals surface area contributed by atoms with Gasteiger partial charge in [-0.25, -0.2) is 13.2 Å². The average Bonchev–Trinajstić information content (AvgIpc) is 2.69. The van der Waals surface area contributed by atoms with E-state index in [-0.39, 0.29) is 24.3 Å². The predicted octanol–water partition coefficient (Wildman–Crippen LogP) is 3.68. The quantitative estimate of drug-likeness (QED) is 0.716. The van der Waals surface area contributed by atoms with E-state index in [0.717, 1.165) is 25.2 Å². The van der Waals surface area contributed by atoms with E-state index in [1.54, 1.807) is 13.0 Å². The number of β-amino-alcohol motifs (C(OH)–C–C–N with tert-alkyl or cyclic N) is 1. The smallest absolute Gasteiger partial charge is 0.256 e. The third-order valence-corrected chi connectivity index (χ3v) is 5.38. The van der Waals surface area contributed by atoms with Crippen molar-refractivity contribution in [1.82, 2.24) is 9.80 Å². The molecule has 2 aromatic rings. The molecule has 1 fully saturated rings. The van der Waals surface area contributed by atoms with Gasteiger partial charge in [0.2, 0.25) is 0 Å². The molecule has 30 heavy (non-hydrogen) atoms. The Balaban J connectivity index is 1.83. The molecule has 0 aromatic heterocycles. The maximum atomic E-state index is 14.5. The molecule has 2 N–H and O–H groups in total. The summed E-state index contributed by atoms with van der Waals surface area (Å²) in [5.41, 5.74) is -1.000. The van der Waals surface area contributed by atoms with Gasteiger partial charge in [0.05, 0.1) is 30.0 Å². The maximum Gasteiger partial charge on any atom is 0.256 e. The number of rotatable bonds is 7. The highest BCUT2D eigenvalue weighted by Gasteiger charge is 2.45. The van der Waals surface area contributed by atoms with Crippen LogP contribution in [0.3, 0.4) is 0 Å². The molecule has 3 rings (SSSR count). The van der Waals surface area contributed by atoms with Crippen molar-refractivity contribution in [3.63, 3.8) is 0 Å². The number of benzene rings is 2. The van der Waals surface area contributed by atoms with Gasteiger partial charge in [0.1, 0.15) is 11.4 Å². The van der Waals surface area contributed by atoms with Gasteiger partial charge >= 0.3 is 0 Å². The molecule has 0 spiro atoms. The number of halogens is 3. The fraction of sp³-hybridized carbons (Fsp3) is 0.409. The Hall–Kier alpha value is -2.58. The molecule has 0 unspecified atom stereocenters. The van der Waals surface area contributed by atoms with Crippen LogP contribution >= 0.6 is 0 Å². The number of anilines is 2. The monoisotopic (exact) mass is 421 g/mol. The molecule has 0 saturated carbocycles. The first-order valence-electron chi connectivity index (χ1n) is 9.92. The molecular weight excluding hydrogens is 395 g/mol. The van der Waals surface area contributed by atoms with Crippen molar-refractivity contribution in [3.8, 4) is 0 Å². The van der Waals surface area contributed by atoms with Crippen LogP contribution in [0.4, 0.5) is 24.5 Å². The van der Waals surface area contributed by atoms with E-state index in [4.69, 9.17) is 0 Å². The van der Waals surface area contributed by atoms with Crippen molar-refractivity contribution < 1.29 is 23.1 Å². The zero-order valence-corrected chi connectivity index (χ0v) is 17.3. The highest BCUT2D eigenvalue weighted by Crippen LogP contribution is 2.31. The van der Waals surface area contributed by atoms with E-state index in [0.29, 0.717) is 12.1 Å². The Kier molecular flexibility index (Phi) is 6.38. The van der Waals surface area contributed by atoms with Gasteiger partial charge in [0, 0.05) is 6.54 Å². The molecule has 0 atom stereocenters. The number of amides is 1. The normalized spacial score (nSPS) is 15.3. The van der Waals surface area contributed by atoms with Gasteiger partial charge in [0.25, 0.3) is 5.91 Å². The molecule has 0 radical (unpaired) electrons. The van der Waals surface area contributed by atoms with E-state index in [1.807, 2.05) is 18.7 Å². The third kappa shape index (κ3) is 4.44. The standard InChI is InChI=1S/C22H26F3N3O2/c1-4-27(5-2)11-22(30)12-28(13-22)21(29)15-7-8-16(23)19(25)20(15)26-18-9-6-14(3)10-17(18)24/h6-10,26,30H,4-5,11-13H2,1-3H3. The van der Waals surface area contributed by atoms with Gasteiger partial charge < -0.3 is 20.2 Å². The summed E-state index contributed by atoms with van der Waals surface area (Å²) in [4.78, 5) is 16.3. The summed E-state index contributed by atoms with van der Waals surface area (Å²) in [5, 5.41) is 13.2. The van der Waals surface area contributed by atoms with Gasteiger partial charge in [-0.3, -0.25) is 4.79 Å². The number of likely N-dealkylation sites (N-methyl/N-ethyl adjacent to an activating group) is 1. The van der Waals surface area contributed by atoms with Gasteiger partial charge in [0.15, 0.2) is 11.6 Å². The summed E-state index contributed by atoms with van der Waals surface area (Å²) in [6.07, 6.45) is 0. The number of carbonyl (C=O) groups is 1. The first-order valence-corrected chi connectivity index (χ1v) is 9.92. The number of likely N-dealkylation sites (tertiary alicyclic amines) is 1. The number of hydrogen-bond acceptors (Lipinski definition) is 4. The predicted molar refractivity (Wildman–Crippen MR) is 109 cm³/mol. The van der Waals surface area contributed by atoms with Gasteiger partial charge in [-0.15, -0.1) is 0 Å². The average molecular weight is 421 g/mol. The lowest BCUT2D eigenvalue weighted by molar-refractivity contribution is -0.0965. The van der Waals surface area contributed by atoms with Crippen LogP contribution in [0.15, 0.2) is 30.3 Å². The largest absolute Gasteiger partial charge is 0.385 e. The Morgan fingerprint density at radius 3 is 2.40 bits per heavy atom. The van der Waals surface area contributed by atoms with Crippen molar-refractivity contribution >= 4 is 17.3 Å². The van der Waals surface area contributed by atoms with E-state index in [1.165, 1.54) is 17.0 Å². The van der Waals surface area contributed by atoms with E-state index >= 15 is 0 Å². The minimum Gasteiger partial charge on any atom is -0.385 e. The topological polar surface area (TPSA) is 55.8 Å². The molecule has 1 aliphatic heterocycles. The fourth-order valence-electron chi connectivity index (χ4n) is 3.65. The maximum absolute atomic E-state index is 14.5. The van der Waals surface area contributed by atoms with Crippen molar-refractivity contribution in [2.24, 2.45) is 0 Å². The van der Waals surface area contributed by atoms with E-state index in [2.05, 4.69) is 5.32 Å². The fourth-order valence-corrected chi connectivity index (χ4v) is 3.65. The van der Waals surface area contributed by atoms with Crippen molar-refractivity contribution in [2.45, 2.75) is 26.4 Å². The molecule has 1 heterocycles. The lowest BCUT2D eigenvalue weighted by Gasteiger charge is -2.48. The molecule has 1 saturated heterocycles. The minimum atomic E-state index is -1.26. The molecule has 1 aliphatic rings. The van der Waals surface area contributed by atoms with Crippen molar-refractivity contribution in [3.05, 3.63) is 58.9 Å². The van der Waals surface area contributed by atoms with Crippen molar-refractivity contribution in [1.29, 1.82) is 0 Å². The van der Waals surface area contributed by atoms with Crippen molar-refractivity contribution in [2.75, 3.05) is 38.0 Å². The van der Waals surface area contributed by atoms with Crippen LogP contribution in [0.5, 0.6) is 0 Å². The van der Waals surface area contributed by atoms with Crippen LogP contribution in [0, 0.1) is 24.4 Å². The van der Waals surface area contributed by atoms with E-state index in [9.17, 15) is 23.1 Å². The summed E-state index contributed by atoms with van der Waals surface area (Å²) in [6, 6.07) is 6.30. The summed E-state index contributed by atoms with van der Waals surface area (Å²) in [6.45, 7) is 7.79. The highest BCUT2D eigenvalue weighted by atomic mass is 19.2. The van der Waals surface area contributed by atoms with Crippen LogP contribution in [-0.4, -0.2) is 59.1 Å². The number of aryl methyl sites for hydroxylation is 1. The minimum absolute atomic E-state index is 0.0687. The SMILES string of the molecule is CCN(CC)CC1(O)CN(C(=O)c2ccc(F)c(F)c2Nc2ccc(C)cc2F)C1. The number of hydrogen-bond donors (Lipinski definition) is 2. The van der Waals surface area contributed by atoms with Crippen LogP contribution < -0.4 is 5.32 Å². The Labute approximate surface area is 174 Å².